The molecule has 0 saturated carbocycles. The lowest BCUT2D eigenvalue weighted by Crippen LogP contribution is -2.13. The van der Waals surface area contributed by atoms with Crippen LogP contribution in [-0.4, -0.2) is 23.0 Å². The van der Waals surface area contributed by atoms with Crippen LogP contribution in [0.3, 0.4) is 0 Å². The molecule has 0 radical (unpaired) electrons. The summed E-state index contributed by atoms with van der Waals surface area (Å²) >= 11 is 1.36. The van der Waals surface area contributed by atoms with Gasteiger partial charge in [0.1, 0.15) is 10.6 Å². The molecule has 0 bridgehead atoms. The average Bonchev–Trinajstić information content (AvgIpc) is 3.39. The van der Waals surface area contributed by atoms with Crippen LogP contribution in [0, 0.1) is 0 Å². The van der Waals surface area contributed by atoms with E-state index in [0.717, 1.165) is 5.56 Å². The fourth-order valence-electron chi connectivity index (χ4n) is 2.35. The van der Waals surface area contributed by atoms with Gasteiger partial charge in [0.15, 0.2) is 17.3 Å². The molecule has 2 heterocycles. The summed E-state index contributed by atoms with van der Waals surface area (Å²) in [5.41, 5.74) is 1.14. The lowest BCUT2D eigenvalue weighted by Gasteiger charge is -2.10. The van der Waals surface area contributed by atoms with E-state index in [1.165, 1.54) is 24.3 Å². The number of Topliss-reactive ketones (excluding diaryl/α,β-unsaturated/α-hetero) is 1. The van der Waals surface area contributed by atoms with Crippen molar-refractivity contribution in [2.24, 2.45) is 4.99 Å². The lowest BCUT2D eigenvalue weighted by molar-refractivity contribution is 0.101. The summed E-state index contributed by atoms with van der Waals surface area (Å²) in [6, 6.07) is 16.2. The highest BCUT2D eigenvalue weighted by atomic mass is 32.2. The lowest BCUT2D eigenvalue weighted by atomic mass is 10.1. The molecular formula is C20H17NO4S. The van der Waals surface area contributed by atoms with E-state index in [1.54, 1.807) is 31.3 Å². The van der Waals surface area contributed by atoms with E-state index in [1.807, 2.05) is 30.3 Å². The number of rotatable bonds is 6. The van der Waals surface area contributed by atoms with Gasteiger partial charge in [-0.3, -0.25) is 9.79 Å². The third-order valence-electron chi connectivity index (χ3n) is 3.60. The van der Waals surface area contributed by atoms with Crippen molar-refractivity contribution < 1.29 is 18.7 Å². The van der Waals surface area contributed by atoms with Crippen molar-refractivity contribution >= 4 is 28.3 Å². The summed E-state index contributed by atoms with van der Waals surface area (Å²) in [7, 11) is 1.58. The van der Waals surface area contributed by atoms with Crippen molar-refractivity contribution in [3.63, 3.8) is 0 Å². The average molecular weight is 367 g/mol. The van der Waals surface area contributed by atoms with Crippen molar-refractivity contribution in [1.29, 1.82) is 0 Å². The van der Waals surface area contributed by atoms with E-state index in [2.05, 4.69) is 4.99 Å². The summed E-state index contributed by atoms with van der Waals surface area (Å²) in [6.07, 6.45) is 2.84. The Morgan fingerprint density at radius 2 is 1.65 bits per heavy atom. The summed E-state index contributed by atoms with van der Waals surface area (Å²) in [6.45, 7) is 0. The van der Waals surface area contributed by atoms with Gasteiger partial charge in [-0.15, -0.1) is 11.8 Å². The Hall–Kier alpha value is -2.99. The molecule has 26 heavy (non-hydrogen) atoms. The SMILES string of the molecule is CN=C(SCc1ccccc1)/C(C(=O)c1ccco1)=C(\O)c1ccco1. The molecule has 0 aliphatic rings. The maximum absolute atomic E-state index is 12.9. The van der Waals surface area contributed by atoms with E-state index in [0.29, 0.717) is 10.8 Å². The first-order chi connectivity index (χ1) is 12.7. The van der Waals surface area contributed by atoms with Crippen molar-refractivity contribution in [3.05, 3.63) is 89.8 Å². The highest BCUT2D eigenvalue weighted by molar-refractivity contribution is 8.13. The second-order valence-electron chi connectivity index (χ2n) is 5.31. The Morgan fingerprint density at radius 3 is 2.23 bits per heavy atom. The summed E-state index contributed by atoms with van der Waals surface area (Å²) in [5.74, 6) is 0.206. The standard InChI is InChI=1S/C20H17NO4S/c1-21-20(26-13-14-7-3-2-4-8-14)17(18(22)15-9-5-11-24-15)19(23)16-10-6-12-25-16/h2-12,22H,13H2,1H3/b18-17-,21-20?. The number of furan rings is 2. The number of nitrogens with zero attached hydrogens (tertiary/aromatic N) is 1. The number of benzene rings is 1. The van der Waals surface area contributed by atoms with Crippen molar-refractivity contribution in [1.82, 2.24) is 0 Å². The van der Waals surface area contributed by atoms with Gasteiger partial charge in [0.25, 0.3) is 0 Å². The van der Waals surface area contributed by atoms with E-state index in [9.17, 15) is 9.90 Å². The monoisotopic (exact) mass is 367 g/mol. The molecule has 0 unspecified atom stereocenters. The van der Waals surface area contributed by atoms with Crippen LogP contribution in [0.4, 0.5) is 0 Å². The van der Waals surface area contributed by atoms with E-state index in [-0.39, 0.29) is 22.9 Å². The number of carbonyl (C=O) groups excluding carboxylic acids is 1. The summed E-state index contributed by atoms with van der Waals surface area (Å²) in [4.78, 5) is 17.1. The minimum absolute atomic E-state index is 0.0540. The molecule has 3 aromatic rings. The van der Waals surface area contributed by atoms with Gasteiger partial charge in [0, 0.05) is 12.8 Å². The number of hydrogen-bond acceptors (Lipinski definition) is 6. The fourth-order valence-corrected chi connectivity index (χ4v) is 3.31. The predicted molar refractivity (Wildman–Crippen MR) is 102 cm³/mol. The minimum Gasteiger partial charge on any atom is -0.504 e. The zero-order valence-electron chi connectivity index (χ0n) is 14.1. The molecule has 2 aromatic heterocycles. The third kappa shape index (κ3) is 3.97. The molecular weight excluding hydrogens is 350 g/mol. The molecule has 0 saturated heterocycles. The molecule has 132 valence electrons. The van der Waals surface area contributed by atoms with Crippen LogP contribution in [0.2, 0.25) is 0 Å². The Kier molecular flexibility index (Phi) is 5.76. The number of aliphatic hydroxyl groups is 1. The fraction of sp³-hybridized carbons (Fsp3) is 0.100. The molecule has 0 aliphatic carbocycles. The molecule has 6 heteroatoms. The van der Waals surface area contributed by atoms with Crippen molar-refractivity contribution in [2.75, 3.05) is 7.05 Å². The first-order valence-corrected chi connectivity index (χ1v) is 8.88. The second-order valence-corrected chi connectivity index (χ2v) is 6.27. The Labute approximate surface area is 155 Å². The molecule has 0 atom stereocenters. The third-order valence-corrected chi connectivity index (χ3v) is 4.74. The maximum atomic E-state index is 12.9. The smallest absolute Gasteiger partial charge is 0.234 e. The molecule has 0 spiro atoms. The van der Waals surface area contributed by atoms with Gasteiger partial charge in [-0.25, -0.2) is 0 Å². The number of thioether (sulfide) groups is 1. The topological polar surface area (TPSA) is 75.9 Å². The quantitative estimate of drug-likeness (QED) is 0.218. The van der Waals surface area contributed by atoms with Crippen LogP contribution < -0.4 is 0 Å². The first kappa shape index (κ1) is 17.8. The number of hydrogen-bond donors (Lipinski definition) is 1. The highest BCUT2D eigenvalue weighted by Gasteiger charge is 2.26. The Morgan fingerprint density at radius 1 is 1.00 bits per heavy atom. The van der Waals surface area contributed by atoms with E-state index < -0.39 is 5.78 Å². The van der Waals surface area contributed by atoms with Gasteiger partial charge < -0.3 is 13.9 Å². The van der Waals surface area contributed by atoms with Crippen LogP contribution in [0.25, 0.3) is 5.76 Å². The molecule has 3 rings (SSSR count). The van der Waals surface area contributed by atoms with Crippen LogP contribution in [0.5, 0.6) is 0 Å². The number of ketones is 1. The molecule has 0 amide bonds. The van der Waals surface area contributed by atoms with Crippen LogP contribution in [0.1, 0.15) is 21.9 Å². The van der Waals surface area contributed by atoms with Crippen LogP contribution >= 0.6 is 11.8 Å². The zero-order chi connectivity index (χ0) is 18.4. The van der Waals surface area contributed by atoms with Gasteiger partial charge in [0.05, 0.1) is 12.5 Å². The minimum atomic E-state index is -0.454. The van der Waals surface area contributed by atoms with E-state index in [4.69, 9.17) is 8.83 Å². The largest absolute Gasteiger partial charge is 0.504 e. The van der Waals surface area contributed by atoms with Gasteiger partial charge in [-0.2, -0.15) is 0 Å². The van der Waals surface area contributed by atoms with Gasteiger partial charge >= 0.3 is 0 Å². The van der Waals surface area contributed by atoms with Crippen molar-refractivity contribution in [3.8, 4) is 0 Å². The molecule has 0 fully saturated rings. The van der Waals surface area contributed by atoms with Crippen molar-refractivity contribution in [2.45, 2.75) is 5.75 Å². The van der Waals surface area contributed by atoms with Crippen LogP contribution in [-0.2, 0) is 5.75 Å². The second kappa shape index (κ2) is 8.40. The van der Waals surface area contributed by atoms with Gasteiger partial charge in [0.2, 0.25) is 5.78 Å². The Bertz CT molecular complexity index is 910. The molecule has 1 N–H and O–H groups in total. The first-order valence-electron chi connectivity index (χ1n) is 7.90. The number of aliphatic hydroxyl groups excluding tert-OH is 1. The summed E-state index contributed by atoms with van der Waals surface area (Å²) in [5, 5.41) is 11.1. The number of carbonyl (C=O) groups is 1. The normalized spacial score (nSPS) is 12.7. The zero-order valence-corrected chi connectivity index (χ0v) is 14.9. The molecule has 1 aromatic carbocycles. The number of aliphatic imine (C=N–C) groups is 1. The van der Waals surface area contributed by atoms with Crippen LogP contribution in [0.15, 0.2) is 86.5 Å². The molecule has 5 nitrogen and oxygen atoms in total. The Balaban J connectivity index is 1.96. The predicted octanol–water partition coefficient (Wildman–Crippen LogP) is 4.99. The van der Waals surface area contributed by atoms with E-state index >= 15 is 0 Å². The maximum Gasteiger partial charge on any atom is 0.234 e. The highest BCUT2D eigenvalue weighted by Crippen LogP contribution is 2.27. The van der Waals surface area contributed by atoms with Gasteiger partial charge in [-0.05, 0) is 29.8 Å². The van der Waals surface area contributed by atoms with Gasteiger partial charge in [-0.1, -0.05) is 30.3 Å². The molecule has 0 aliphatic heterocycles. The summed E-state index contributed by atoms with van der Waals surface area (Å²) < 4.78 is 10.5.